The second-order valence-corrected chi connectivity index (χ2v) is 5.48. The number of benzene rings is 2. The zero-order valence-corrected chi connectivity index (χ0v) is 12.9. The first-order valence-electron chi connectivity index (χ1n) is 6.67. The van der Waals surface area contributed by atoms with E-state index in [0.717, 1.165) is 10.6 Å². The molecular formula is C17H16FNO2S. The van der Waals surface area contributed by atoms with Crippen LogP contribution in [0.3, 0.4) is 0 Å². The number of phenolic OH excluding ortho intramolecular Hbond substituents is 1. The first-order chi connectivity index (χ1) is 10.6. The minimum atomic E-state index is -0.663. The number of anilines is 1. The summed E-state index contributed by atoms with van der Waals surface area (Å²) in [7, 11) is 0. The largest absolute Gasteiger partial charge is 0.505 e. The lowest BCUT2D eigenvalue weighted by atomic mass is 10.2. The number of carbonyl (C=O) groups excluding carboxylic acids is 1. The van der Waals surface area contributed by atoms with Crippen LogP contribution in [0.25, 0.3) is 6.08 Å². The van der Waals surface area contributed by atoms with Gasteiger partial charge in [-0.1, -0.05) is 24.3 Å². The monoisotopic (exact) mass is 317 g/mol. The quantitative estimate of drug-likeness (QED) is 0.809. The van der Waals surface area contributed by atoms with Gasteiger partial charge in [0, 0.05) is 17.0 Å². The van der Waals surface area contributed by atoms with Gasteiger partial charge in [-0.3, -0.25) is 4.79 Å². The van der Waals surface area contributed by atoms with Crippen LogP contribution < -0.4 is 5.32 Å². The van der Waals surface area contributed by atoms with Gasteiger partial charge in [-0.05, 0) is 42.2 Å². The molecule has 0 fully saturated rings. The Balaban J connectivity index is 1.91. The van der Waals surface area contributed by atoms with Crippen molar-refractivity contribution in [1.29, 1.82) is 0 Å². The molecule has 2 aromatic carbocycles. The fraction of sp³-hybridized carbons (Fsp3) is 0.118. The standard InChI is InChI=1S/C17H16FNO2S/c1-22-14-6-3-5-13(11-14)19-17(21)7-2-4-12-8-9-15(18)16(20)10-12/h2-6,8-11,20H,7H2,1H3,(H,19,21)/b4-2+. The van der Waals surface area contributed by atoms with Crippen molar-refractivity contribution in [1.82, 2.24) is 0 Å². The number of halogens is 1. The van der Waals surface area contributed by atoms with E-state index in [-0.39, 0.29) is 12.3 Å². The summed E-state index contributed by atoms with van der Waals surface area (Å²) >= 11 is 1.61. The van der Waals surface area contributed by atoms with E-state index in [1.165, 1.54) is 18.2 Å². The minimum absolute atomic E-state index is 0.138. The zero-order chi connectivity index (χ0) is 15.9. The van der Waals surface area contributed by atoms with E-state index in [1.54, 1.807) is 23.9 Å². The van der Waals surface area contributed by atoms with Gasteiger partial charge >= 0.3 is 0 Å². The molecule has 0 atom stereocenters. The Morgan fingerprint density at radius 3 is 2.86 bits per heavy atom. The molecule has 0 radical (unpaired) electrons. The average Bonchev–Trinajstić information content (AvgIpc) is 2.51. The first kappa shape index (κ1) is 16.1. The van der Waals surface area contributed by atoms with Crippen LogP contribution in [-0.4, -0.2) is 17.3 Å². The second kappa shape index (κ2) is 7.66. The molecule has 1 amide bonds. The molecule has 0 heterocycles. The predicted octanol–water partition coefficient (Wildman–Crippen LogP) is 4.30. The van der Waals surface area contributed by atoms with Gasteiger partial charge in [0.25, 0.3) is 0 Å². The molecule has 5 heteroatoms. The fourth-order valence-electron chi connectivity index (χ4n) is 1.85. The van der Waals surface area contributed by atoms with E-state index in [0.29, 0.717) is 5.56 Å². The van der Waals surface area contributed by atoms with Crippen molar-refractivity contribution < 1.29 is 14.3 Å². The van der Waals surface area contributed by atoms with E-state index in [4.69, 9.17) is 0 Å². The summed E-state index contributed by atoms with van der Waals surface area (Å²) in [5.41, 5.74) is 1.39. The number of nitrogens with one attached hydrogen (secondary N) is 1. The third-order valence-electron chi connectivity index (χ3n) is 2.94. The Labute approximate surface area is 132 Å². The molecule has 2 aromatic rings. The SMILES string of the molecule is CSc1cccc(NC(=O)C/C=C/c2ccc(F)c(O)c2)c1. The highest BCUT2D eigenvalue weighted by Crippen LogP contribution is 2.19. The molecular weight excluding hydrogens is 301 g/mol. The molecule has 0 bridgehead atoms. The predicted molar refractivity (Wildman–Crippen MR) is 88.6 cm³/mol. The minimum Gasteiger partial charge on any atom is -0.505 e. The first-order valence-corrected chi connectivity index (χ1v) is 7.90. The van der Waals surface area contributed by atoms with Crippen LogP contribution >= 0.6 is 11.8 Å². The Morgan fingerprint density at radius 1 is 1.32 bits per heavy atom. The van der Waals surface area contributed by atoms with Gasteiger partial charge in [-0.25, -0.2) is 4.39 Å². The van der Waals surface area contributed by atoms with Crippen molar-refractivity contribution in [3.8, 4) is 5.75 Å². The van der Waals surface area contributed by atoms with E-state index in [2.05, 4.69) is 5.32 Å². The summed E-state index contributed by atoms with van der Waals surface area (Å²) in [4.78, 5) is 12.9. The maximum absolute atomic E-state index is 12.9. The maximum Gasteiger partial charge on any atom is 0.228 e. The van der Waals surface area contributed by atoms with Gasteiger partial charge in [-0.2, -0.15) is 0 Å². The van der Waals surface area contributed by atoms with Crippen molar-refractivity contribution in [2.45, 2.75) is 11.3 Å². The van der Waals surface area contributed by atoms with Crippen LogP contribution in [0.2, 0.25) is 0 Å². The number of aromatic hydroxyl groups is 1. The highest BCUT2D eigenvalue weighted by Gasteiger charge is 2.02. The van der Waals surface area contributed by atoms with Gasteiger partial charge in [0.05, 0.1) is 0 Å². The third kappa shape index (κ3) is 4.63. The number of hydrogen-bond acceptors (Lipinski definition) is 3. The number of rotatable bonds is 5. The normalized spacial score (nSPS) is 10.8. The van der Waals surface area contributed by atoms with Gasteiger partial charge in [-0.15, -0.1) is 11.8 Å². The Hall–Kier alpha value is -2.27. The maximum atomic E-state index is 12.9. The van der Waals surface area contributed by atoms with Crippen LogP contribution in [0.5, 0.6) is 5.75 Å². The van der Waals surface area contributed by atoms with E-state index >= 15 is 0 Å². The summed E-state index contributed by atoms with van der Waals surface area (Å²) in [5, 5.41) is 12.1. The lowest BCUT2D eigenvalue weighted by Gasteiger charge is -2.05. The molecule has 0 saturated carbocycles. The molecule has 114 valence electrons. The Kier molecular flexibility index (Phi) is 5.61. The van der Waals surface area contributed by atoms with Gasteiger partial charge < -0.3 is 10.4 Å². The highest BCUT2D eigenvalue weighted by atomic mass is 32.2. The van der Waals surface area contributed by atoms with Crippen molar-refractivity contribution in [3.63, 3.8) is 0 Å². The molecule has 0 spiro atoms. The van der Waals surface area contributed by atoms with Gasteiger partial charge in [0.2, 0.25) is 5.91 Å². The third-order valence-corrected chi connectivity index (χ3v) is 3.66. The van der Waals surface area contributed by atoms with Crippen molar-refractivity contribution >= 4 is 29.4 Å². The van der Waals surface area contributed by atoms with Crippen molar-refractivity contribution in [2.24, 2.45) is 0 Å². The highest BCUT2D eigenvalue weighted by molar-refractivity contribution is 7.98. The summed E-state index contributed by atoms with van der Waals surface area (Å²) < 4.78 is 12.9. The number of thioether (sulfide) groups is 1. The lowest BCUT2D eigenvalue weighted by molar-refractivity contribution is -0.115. The molecule has 2 rings (SSSR count). The lowest BCUT2D eigenvalue weighted by Crippen LogP contribution is -2.09. The van der Waals surface area contributed by atoms with E-state index in [1.807, 2.05) is 30.5 Å². The Morgan fingerprint density at radius 2 is 2.14 bits per heavy atom. The smallest absolute Gasteiger partial charge is 0.228 e. The molecule has 0 saturated heterocycles. The van der Waals surface area contributed by atoms with Crippen LogP contribution in [0.1, 0.15) is 12.0 Å². The van der Waals surface area contributed by atoms with Crippen LogP contribution in [-0.2, 0) is 4.79 Å². The van der Waals surface area contributed by atoms with Crippen LogP contribution in [0, 0.1) is 5.82 Å². The number of hydrogen-bond donors (Lipinski definition) is 2. The molecule has 0 unspecified atom stereocenters. The number of carbonyl (C=O) groups is 1. The van der Waals surface area contributed by atoms with Crippen LogP contribution in [0.4, 0.5) is 10.1 Å². The van der Waals surface area contributed by atoms with E-state index < -0.39 is 11.6 Å². The number of amides is 1. The number of phenols is 1. The molecule has 0 aromatic heterocycles. The van der Waals surface area contributed by atoms with E-state index in [9.17, 15) is 14.3 Å². The van der Waals surface area contributed by atoms with Gasteiger partial charge in [0.15, 0.2) is 11.6 Å². The zero-order valence-electron chi connectivity index (χ0n) is 12.0. The molecule has 3 nitrogen and oxygen atoms in total. The average molecular weight is 317 g/mol. The summed E-state index contributed by atoms with van der Waals surface area (Å²) in [6.07, 6.45) is 5.50. The molecule has 22 heavy (non-hydrogen) atoms. The summed E-state index contributed by atoms with van der Waals surface area (Å²) in [5.74, 6) is -1.20. The fourth-order valence-corrected chi connectivity index (χ4v) is 2.31. The molecule has 0 aliphatic rings. The molecule has 0 aliphatic carbocycles. The van der Waals surface area contributed by atoms with Crippen LogP contribution in [0.15, 0.2) is 53.4 Å². The topological polar surface area (TPSA) is 49.3 Å². The molecule has 0 aliphatic heterocycles. The second-order valence-electron chi connectivity index (χ2n) is 4.60. The molecule has 2 N–H and O–H groups in total. The Bertz CT molecular complexity index is 701. The van der Waals surface area contributed by atoms with Gasteiger partial charge in [0.1, 0.15) is 0 Å². The van der Waals surface area contributed by atoms with Crippen molar-refractivity contribution in [3.05, 3.63) is 59.9 Å². The van der Waals surface area contributed by atoms with Crippen molar-refractivity contribution in [2.75, 3.05) is 11.6 Å². The summed E-state index contributed by atoms with van der Waals surface area (Å²) in [6, 6.07) is 11.6. The summed E-state index contributed by atoms with van der Waals surface area (Å²) in [6.45, 7) is 0.